The Labute approximate surface area is 161 Å². The first-order valence-electron chi connectivity index (χ1n) is 8.00. The Bertz CT molecular complexity index is 745. The summed E-state index contributed by atoms with van der Waals surface area (Å²) in [5.41, 5.74) is 2.01. The lowest BCUT2D eigenvalue weighted by Gasteiger charge is -2.14. The Morgan fingerprint density at radius 2 is 1.62 bits per heavy atom. The fraction of sp³-hybridized carbons (Fsp3) is 0.263. The van der Waals surface area contributed by atoms with E-state index in [1.807, 2.05) is 12.1 Å². The molecule has 0 radical (unpaired) electrons. The van der Waals surface area contributed by atoms with Crippen molar-refractivity contribution in [2.24, 2.45) is 0 Å². The number of methoxy groups -OCH3 is 2. The van der Waals surface area contributed by atoms with Crippen LogP contribution in [0.1, 0.15) is 26.3 Å². The second kappa shape index (κ2) is 10.1. The molecule has 0 unspecified atom stereocenters. The molecule has 0 aliphatic carbocycles. The molecule has 2 N–H and O–H groups in total. The van der Waals surface area contributed by atoms with Crippen LogP contribution in [-0.2, 0) is 16.0 Å². The summed E-state index contributed by atoms with van der Waals surface area (Å²) < 4.78 is 10.9. The molecule has 2 rings (SSSR count). The van der Waals surface area contributed by atoms with Crippen molar-refractivity contribution >= 4 is 27.7 Å². The van der Waals surface area contributed by atoms with Crippen LogP contribution < -0.4 is 10.6 Å². The third-order valence-electron chi connectivity index (χ3n) is 3.71. The first-order chi connectivity index (χ1) is 12.5. The minimum atomic E-state index is -0.480. The van der Waals surface area contributed by atoms with Crippen molar-refractivity contribution < 1.29 is 19.1 Å². The quantitative estimate of drug-likeness (QED) is 0.643. The van der Waals surface area contributed by atoms with Gasteiger partial charge in [-0.2, -0.15) is 0 Å². The van der Waals surface area contributed by atoms with Crippen molar-refractivity contribution in [3.05, 3.63) is 69.7 Å². The Balaban J connectivity index is 1.87. The van der Waals surface area contributed by atoms with Gasteiger partial charge in [0.15, 0.2) is 6.29 Å². The molecule has 0 aromatic heterocycles. The average Bonchev–Trinajstić information content (AvgIpc) is 2.67. The van der Waals surface area contributed by atoms with Gasteiger partial charge in [-0.05, 0) is 35.9 Å². The van der Waals surface area contributed by atoms with Gasteiger partial charge >= 0.3 is 0 Å². The maximum absolute atomic E-state index is 12.1. The van der Waals surface area contributed by atoms with Gasteiger partial charge in [0.1, 0.15) is 0 Å². The van der Waals surface area contributed by atoms with Crippen LogP contribution in [0, 0.1) is 0 Å². The van der Waals surface area contributed by atoms with Gasteiger partial charge in [0.25, 0.3) is 11.8 Å². The molecule has 0 atom stereocenters. The number of benzene rings is 2. The van der Waals surface area contributed by atoms with E-state index in [4.69, 9.17) is 9.47 Å². The summed E-state index contributed by atoms with van der Waals surface area (Å²) >= 11 is 3.35. The fourth-order valence-electron chi connectivity index (χ4n) is 2.23. The van der Waals surface area contributed by atoms with Gasteiger partial charge in [0, 0.05) is 36.4 Å². The van der Waals surface area contributed by atoms with E-state index < -0.39 is 6.29 Å². The third kappa shape index (κ3) is 5.94. The molecule has 0 spiro atoms. The predicted octanol–water partition coefficient (Wildman–Crippen LogP) is 2.73. The van der Waals surface area contributed by atoms with Crippen LogP contribution in [-0.4, -0.2) is 38.9 Å². The Morgan fingerprint density at radius 3 is 2.23 bits per heavy atom. The number of amides is 2. The lowest BCUT2D eigenvalue weighted by atomic mass is 10.1. The summed E-state index contributed by atoms with van der Waals surface area (Å²) in [7, 11) is 3.02. The number of nitrogens with one attached hydrogen (secondary N) is 2. The summed E-state index contributed by atoms with van der Waals surface area (Å²) in [6.45, 7) is 0.638. The predicted molar refractivity (Wildman–Crippen MR) is 102 cm³/mol. The molecule has 0 heterocycles. The van der Waals surface area contributed by atoms with E-state index in [1.54, 1.807) is 36.4 Å². The van der Waals surface area contributed by atoms with Crippen LogP contribution >= 0.6 is 15.9 Å². The molecule has 2 aromatic rings. The largest absolute Gasteiger partial charge is 0.354 e. The van der Waals surface area contributed by atoms with Crippen LogP contribution in [0.3, 0.4) is 0 Å². The topological polar surface area (TPSA) is 76.7 Å². The number of hydrogen-bond donors (Lipinski definition) is 2. The zero-order chi connectivity index (χ0) is 18.9. The minimum Gasteiger partial charge on any atom is -0.354 e. The number of carbonyl (C=O) groups is 2. The monoisotopic (exact) mass is 420 g/mol. The van der Waals surface area contributed by atoms with Crippen molar-refractivity contribution in [1.29, 1.82) is 0 Å². The molecule has 0 saturated heterocycles. The maximum Gasteiger partial charge on any atom is 0.251 e. The lowest BCUT2D eigenvalue weighted by Crippen LogP contribution is -2.34. The number of rotatable bonds is 8. The van der Waals surface area contributed by atoms with E-state index in [1.165, 1.54) is 14.2 Å². The normalized spacial score (nSPS) is 10.6. The second-order valence-corrected chi connectivity index (χ2v) is 6.42. The molecule has 7 heteroatoms. The minimum absolute atomic E-state index is 0.154. The van der Waals surface area contributed by atoms with E-state index in [0.29, 0.717) is 17.7 Å². The van der Waals surface area contributed by atoms with Crippen molar-refractivity contribution in [3.63, 3.8) is 0 Å². The van der Waals surface area contributed by atoms with Gasteiger partial charge in [-0.15, -0.1) is 0 Å². The molecule has 138 valence electrons. The second-order valence-electron chi connectivity index (χ2n) is 5.50. The first kappa shape index (κ1) is 20.1. The van der Waals surface area contributed by atoms with E-state index in [2.05, 4.69) is 26.6 Å². The average molecular weight is 421 g/mol. The SMILES string of the molecule is COC(CNC(=O)c1ccc(CNC(=O)c2cccc(Br)c2)cc1)OC. The summed E-state index contributed by atoms with van der Waals surface area (Å²) in [5.74, 6) is -0.368. The third-order valence-corrected chi connectivity index (χ3v) is 4.20. The van der Waals surface area contributed by atoms with Crippen LogP contribution in [0.15, 0.2) is 53.0 Å². The molecule has 0 fully saturated rings. The highest BCUT2D eigenvalue weighted by molar-refractivity contribution is 9.10. The van der Waals surface area contributed by atoms with Gasteiger partial charge in [-0.1, -0.05) is 34.1 Å². The van der Waals surface area contributed by atoms with E-state index in [9.17, 15) is 9.59 Å². The van der Waals surface area contributed by atoms with Crippen LogP contribution in [0.4, 0.5) is 0 Å². The fourth-order valence-corrected chi connectivity index (χ4v) is 2.63. The molecular weight excluding hydrogens is 400 g/mol. The highest BCUT2D eigenvalue weighted by Crippen LogP contribution is 2.12. The molecule has 2 aromatic carbocycles. The van der Waals surface area contributed by atoms with Crippen LogP contribution in [0.5, 0.6) is 0 Å². The standard InChI is InChI=1S/C19H21BrN2O4/c1-25-17(26-2)12-22-18(23)14-8-6-13(7-9-14)11-21-19(24)15-4-3-5-16(20)10-15/h3-10,17H,11-12H2,1-2H3,(H,21,24)(H,22,23). The number of carbonyl (C=O) groups excluding carboxylic acids is 2. The Hall–Kier alpha value is -2.22. The lowest BCUT2D eigenvalue weighted by molar-refractivity contribution is -0.0974. The van der Waals surface area contributed by atoms with Gasteiger partial charge in [-0.25, -0.2) is 0 Å². The first-order valence-corrected chi connectivity index (χ1v) is 8.79. The summed E-state index contributed by atoms with van der Waals surface area (Å²) in [6.07, 6.45) is -0.480. The maximum atomic E-state index is 12.1. The number of ether oxygens (including phenoxy) is 2. The Morgan fingerprint density at radius 1 is 0.962 bits per heavy atom. The van der Waals surface area contributed by atoms with Crippen LogP contribution in [0.2, 0.25) is 0 Å². The van der Waals surface area contributed by atoms with Crippen molar-refractivity contribution in [2.45, 2.75) is 12.8 Å². The molecule has 26 heavy (non-hydrogen) atoms. The van der Waals surface area contributed by atoms with E-state index in [0.717, 1.165) is 10.0 Å². The van der Waals surface area contributed by atoms with Crippen molar-refractivity contribution in [1.82, 2.24) is 10.6 Å². The summed E-state index contributed by atoms with van der Waals surface area (Å²) in [4.78, 5) is 24.2. The zero-order valence-corrected chi connectivity index (χ0v) is 16.2. The van der Waals surface area contributed by atoms with Gasteiger partial charge in [0.05, 0.1) is 6.54 Å². The molecule has 6 nitrogen and oxygen atoms in total. The molecule has 0 aliphatic rings. The van der Waals surface area contributed by atoms with Gasteiger partial charge in [-0.3, -0.25) is 9.59 Å². The zero-order valence-electron chi connectivity index (χ0n) is 14.6. The van der Waals surface area contributed by atoms with E-state index >= 15 is 0 Å². The van der Waals surface area contributed by atoms with Crippen LogP contribution in [0.25, 0.3) is 0 Å². The molecule has 0 saturated carbocycles. The molecule has 2 amide bonds. The number of hydrogen-bond acceptors (Lipinski definition) is 4. The Kier molecular flexibility index (Phi) is 7.77. The highest BCUT2D eigenvalue weighted by Gasteiger charge is 2.10. The summed E-state index contributed by atoms with van der Waals surface area (Å²) in [6, 6.07) is 14.2. The summed E-state index contributed by atoms with van der Waals surface area (Å²) in [5, 5.41) is 5.59. The van der Waals surface area contributed by atoms with Gasteiger partial charge in [0.2, 0.25) is 0 Å². The van der Waals surface area contributed by atoms with E-state index in [-0.39, 0.29) is 18.4 Å². The molecule has 0 bridgehead atoms. The van der Waals surface area contributed by atoms with Crippen molar-refractivity contribution in [2.75, 3.05) is 20.8 Å². The van der Waals surface area contributed by atoms with Gasteiger partial charge < -0.3 is 20.1 Å². The molecule has 0 aliphatic heterocycles. The van der Waals surface area contributed by atoms with Crippen molar-refractivity contribution in [3.8, 4) is 0 Å². The molecular formula is C19H21BrN2O4. The highest BCUT2D eigenvalue weighted by atomic mass is 79.9. The smallest absolute Gasteiger partial charge is 0.251 e. The number of halogens is 1.